The van der Waals surface area contributed by atoms with Crippen LogP contribution in [0.2, 0.25) is 0 Å². The molecule has 16 heavy (non-hydrogen) atoms. The summed E-state index contributed by atoms with van der Waals surface area (Å²) >= 11 is 0. The van der Waals surface area contributed by atoms with Crippen molar-refractivity contribution in [3.05, 3.63) is 42.0 Å². The Hall–Kier alpha value is -1.57. The second-order valence-corrected chi connectivity index (χ2v) is 4.60. The van der Waals surface area contributed by atoms with Crippen molar-refractivity contribution in [2.24, 2.45) is 0 Å². The minimum atomic E-state index is -0.405. The molecule has 86 valence electrons. The number of benzene rings is 1. The predicted octanol–water partition coefficient (Wildman–Crippen LogP) is 3.43. The second kappa shape index (κ2) is 5.50. The van der Waals surface area contributed by atoms with E-state index in [1.807, 2.05) is 63.3 Å². The maximum atomic E-state index is 11.4. The largest absolute Gasteiger partial charge is 0.460 e. The van der Waals surface area contributed by atoms with Crippen molar-refractivity contribution in [1.29, 1.82) is 0 Å². The van der Waals surface area contributed by atoms with Crippen molar-refractivity contribution in [3.8, 4) is 0 Å². The molecule has 1 aromatic rings. The third-order valence-corrected chi connectivity index (χ3v) is 1.81. The topological polar surface area (TPSA) is 26.3 Å². The molecule has 0 saturated carbocycles. The predicted molar refractivity (Wildman–Crippen MR) is 65.9 cm³/mol. The van der Waals surface area contributed by atoms with E-state index in [4.69, 9.17) is 4.74 Å². The minimum Gasteiger partial charge on any atom is -0.460 e. The van der Waals surface area contributed by atoms with Gasteiger partial charge in [0.05, 0.1) is 6.42 Å². The van der Waals surface area contributed by atoms with Crippen LogP contribution in [0.4, 0.5) is 0 Å². The summed E-state index contributed by atoms with van der Waals surface area (Å²) in [5, 5.41) is 0. The molecule has 0 N–H and O–H groups in total. The average molecular weight is 218 g/mol. The molecule has 0 aliphatic carbocycles. The van der Waals surface area contributed by atoms with Crippen LogP contribution in [0.3, 0.4) is 0 Å². The van der Waals surface area contributed by atoms with E-state index in [0.717, 1.165) is 5.56 Å². The van der Waals surface area contributed by atoms with Gasteiger partial charge in [-0.1, -0.05) is 42.5 Å². The fourth-order valence-electron chi connectivity index (χ4n) is 1.24. The van der Waals surface area contributed by atoms with E-state index in [2.05, 4.69) is 0 Å². The first-order valence-electron chi connectivity index (χ1n) is 5.41. The van der Waals surface area contributed by atoms with E-state index >= 15 is 0 Å². The van der Waals surface area contributed by atoms with E-state index in [1.165, 1.54) is 0 Å². The summed E-state index contributed by atoms with van der Waals surface area (Å²) in [4.78, 5) is 11.4. The number of hydrogen-bond acceptors (Lipinski definition) is 2. The Morgan fingerprint density at radius 3 is 2.44 bits per heavy atom. The number of carbonyl (C=O) groups is 1. The van der Waals surface area contributed by atoms with Gasteiger partial charge >= 0.3 is 5.97 Å². The molecule has 0 bridgehead atoms. The van der Waals surface area contributed by atoms with Crippen LogP contribution in [0.15, 0.2) is 36.4 Å². The summed E-state index contributed by atoms with van der Waals surface area (Å²) in [5.41, 5.74) is 0.684. The van der Waals surface area contributed by atoms with Crippen molar-refractivity contribution in [3.63, 3.8) is 0 Å². The van der Waals surface area contributed by atoms with E-state index in [0.29, 0.717) is 6.42 Å². The molecule has 0 heterocycles. The SMILES string of the molecule is CC(C)(C)OC(=O)C/C=C/c1ccccc1. The summed E-state index contributed by atoms with van der Waals surface area (Å²) in [5.74, 6) is -0.195. The lowest BCUT2D eigenvalue weighted by Crippen LogP contribution is -2.23. The summed E-state index contributed by atoms with van der Waals surface area (Å²) < 4.78 is 5.19. The van der Waals surface area contributed by atoms with Gasteiger partial charge < -0.3 is 4.74 Å². The first-order chi connectivity index (χ1) is 7.47. The van der Waals surface area contributed by atoms with Crippen molar-refractivity contribution in [2.45, 2.75) is 32.8 Å². The molecule has 0 unspecified atom stereocenters. The molecular formula is C14H18O2. The normalized spacial score (nSPS) is 11.7. The smallest absolute Gasteiger partial charge is 0.310 e. The monoisotopic (exact) mass is 218 g/mol. The van der Waals surface area contributed by atoms with Gasteiger partial charge in [0.25, 0.3) is 0 Å². The van der Waals surface area contributed by atoms with Crippen molar-refractivity contribution in [1.82, 2.24) is 0 Å². The number of hydrogen-bond donors (Lipinski definition) is 0. The Morgan fingerprint density at radius 2 is 1.88 bits per heavy atom. The molecule has 1 aromatic carbocycles. The van der Waals surface area contributed by atoms with Crippen molar-refractivity contribution < 1.29 is 9.53 Å². The van der Waals surface area contributed by atoms with Gasteiger partial charge in [0.1, 0.15) is 5.60 Å². The summed E-state index contributed by atoms with van der Waals surface area (Å²) in [6.07, 6.45) is 4.06. The zero-order valence-corrected chi connectivity index (χ0v) is 10.1. The van der Waals surface area contributed by atoms with Gasteiger partial charge in [-0.3, -0.25) is 4.79 Å². The van der Waals surface area contributed by atoms with Gasteiger partial charge in [-0.05, 0) is 26.3 Å². The molecule has 0 aliphatic rings. The third kappa shape index (κ3) is 5.35. The summed E-state index contributed by atoms with van der Waals surface area (Å²) in [6, 6.07) is 9.88. The lowest BCUT2D eigenvalue weighted by molar-refractivity contribution is -0.153. The number of carbonyl (C=O) groups excluding carboxylic acids is 1. The number of rotatable bonds is 3. The first kappa shape index (κ1) is 12.5. The fourth-order valence-corrected chi connectivity index (χ4v) is 1.24. The number of ether oxygens (including phenoxy) is 1. The quantitative estimate of drug-likeness (QED) is 0.726. The van der Waals surface area contributed by atoms with E-state index < -0.39 is 5.60 Å². The molecule has 0 aromatic heterocycles. The van der Waals surface area contributed by atoms with Crippen LogP contribution in [0.25, 0.3) is 6.08 Å². The first-order valence-corrected chi connectivity index (χ1v) is 5.41. The van der Waals surface area contributed by atoms with Gasteiger partial charge in [-0.25, -0.2) is 0 Å². The lowest BCUT2D eigenvalue weighted by atomic mass is 10.2. The molecule has 2 heteroatoms. The highest BCUT2D eigenvalue weighted by atomic mass is 16.6. The standard InChI is InChI=1S/C14H18O2/c1-14(2,3)16-13(15)11-7-10-12-8-5-4-6-9-12/h4-10H,11H2,1-3H3/b10-7+. The van der Waals surface area contributed by atoms with Crippen LogP contribution in [0.5, 0.6) is 0 Å². The van der Waals surface area contributed by atoms with Crippen molar-refractivity contribution >= 4 is 12.0 Å². The molecule has 0 spiro atoms. The second-order valence-electron chi connectivity index (χ2n) is 4.60. The minimum absolute atomic E-state index is 0.195. The van der Waals surface area contributed by atoms with E-state index in [1.54, 1.807) is 0 Å². The van der Waals surface area contributed by atoms with Crippen LogP contribution in [0, 0.1) is 0 Å². The fraction of sp³-hybridized carbons (Fsp3) is 0.357. The maximum Gasteiger partial charge on any atom is 0.310 e. The Morgan fingerprint density at radius 1 is 1.25 bits per heavy atom. The van der Waals surface area contributed by atoms with Crippen LogP contribution in [-0.4, -0.2) is 11.6 Å². The average Bonchev–Trinajstić information content (AvgIpc) is 2.16. The highest BCUT2D eigenvalue weighted by molar-refractivity contribution is 5.73. The van der Waals surface area contributed by atoms with Gasteiger partial charge in [0.15, 0.2) is 0 Å². The molecule has 0 radical (unpaired) electrons. The van der Waals surface area contributed by atoms with E-state index in [9.17, 15) is 4.79 Å². The molecule has 0 saturated heterocycles. The van der Waals surface area contributed by atoms with Gasteiger partial charge in [0, 0.05) is 0 Å². The Labute approximate surface area is 96.9 Å². The van der Waals surface area contributed by atoms with Crippen LogP contribution in [-0.2, 0) is 9.53 Å². The zero-order chi connectivity index (χ0) is 12.0. The van der Waals surface area contributed by atoms with Crippen LogP contribution < -0.4 is 0 Å². The Bertz CT molecular complexity index is 358. The lowest BCUT2D eigenvalue weighted by Gasteiger charge is -2.18. The Kier molecular flexibility index (Phi) is 4.29. The molecule has 0 atom stereocenters. The van der Waals surface area contributed by atoms with Gasteiger partial charge in [-0.2, -0.15) is 0 Å². The molecule has 0 fully saturated rings. The van der Waals surface area contributed by atoms with Crippen molar-refractivity contribution in [2.75, 3.05) is 0 Å². The summed E-state index contributed by atoms with van der Waals surface area (Å²) in [6.45, 7) is 5.60. The van der Waals surface area contributed by atoms with E-state index in [-0.39, 0.29) is 5.97 Å². The highest BCUT2D eigenvalue weighted by Gasteiger charge is 2.14. The molecule has 0 amide bonds. The Balaban J connectivity index is 2.41. The van der Waals surface area contributed by atoms with Gasteiger partial charge in [0.2, 0.25) is 0 Å². The molecular weight excluding hydrogens is 200 g/mol. The van der Waals surface area contributed by atoms with Crippen LogP contribution in [0.1, 0.15) is 32.8 Å². The number of esters is 1. The molecule has 2 nitrogen and oxygen atoms in total. The van der Waals surface area contributed by atoms with Gasteiger partial charge in [-0.15, -0.1) is 0 Å². The summed E-state index contributed by atoms with van der Waals surface area (Å²) in [7, 11) is 0. The zero-order valence-electron chi connectivity index (χ0n) is 10.1. The molecule has 0 aliphatic heterocycles. The third-order valence-electron chi connectivity index (χ3n) is 1.81. The highest BCUT2D eigenvalue weighted by Crippen LogP contribution is 2.09. The maximum absolute atomic E-state index is 11.4. The van der Waals surface area contributed by atoms with Crippen LogP contribution >= 0.6 is 0 Å². The molecule has 1 rings (SSSR count).